The lowest BCUT2D eigenvalue weighted by Gasteiger charge is -2.33. The number of likely N-dealkylation sites (N-methyl/N-ethyl adjacent to an activating group) is 1. The number of para-hydroxylation sites is 1. The Morgan fingerprint density at radius 3 is 2.02 bits per heavy atom. The summed E-state index contributed by atoms with van der Waals surface area (Å²) in [6.07, 6.45) is 0.295. The number of hydrogen-bond acceptors (Lipinski definition) is 5. The normalized spacial score (nSPS) is 11.8. The molecule has 4 rings (SSSR count). The number of ether oxygens (including phenoxy) is 1. The highest BCUT2D eigenvalue weighted by Gasteiger charge is 2.33. The lowest BCUT2D eigenvalue weighted by atomic mass is 10.1. The van der Waals surface area contributed by atoms with Crippen LogP contribution in [0.4, 0.5) is 5.69 Å². The van der Waals surface area contributed by atoms with Gasteiger partial charge < -0.3 is 15.0 Å². The van der Waals surface area contributed by atoms with Gasteiger partial charge in [-0.05, 0) is 72.6 Å². The van der Waals surface area contributed by atoms with Gasteiger partial charge in [-0.15, -0.1) is 0 Å². The van der Waals surface area contributed by atoms with Gasteiger partial charge in [0.2, 0.25) is 11.8 Å². The van der Waals surface area contributed by atoms with E-state index in [9.17, 15) is 18.0 Å². The second-order valence-corrected chi connectivity index (χ2v) is 12.2. The summed E-state index contributed by atoms with van der Waals surface area (Å²) in [5, 5.41) is 3.24. The number of anilines is 1. The summed E-state index contributed by atoms with van der Waals surface area (Å²) >= 11 is 12.3. The summed E-state index contributed by atoms with van der Waals surface area (Å²) in [5.41, 5.74) is 0.880. The number of sulfonamides is 1. The predicted octanol–water partition coefficient (Wildman–Crippen LogP) is 6.53. The standard InChI is InChI=1S/C32H31Cl2N3O5S/c1-3-30(32(39)35-2)36(21-23-14-19-28(33)29(34)20-23)31(38)22-37(43(40,41)27-12-8-5-9-13-27)24-15-17-26(18-16-24)42-25-10-6-4-7-11-25/h4-20,30H,3,21-22H2,1-2H3,(H,35,39). The molecule has 0 fully saturated rings. The number of benzene rings is 4. The number of rotatable bonds is 12. The fourth-order valence-corrected chi connectivity index (χ4v) is 6.23. The van der Waals surface area contributed by atoms with Crippen molar-refractivity contribution in [3.63, 3.8) is 0 Å². The molecule has 1 unspecified atom stereocenters. The van der Waals surface area contributed by atoms with E-state index in [1.165, 1.54) is 24.1 Å². The minimum absolute atomic E-state index is 0.00469. The lowest BCUT2D eigenvalue weighted by Crippen LogP contribution is -2.51. The molecule has 0 spiro atoms. The van der Waals surface area contributed by atoms with E-state index in [2.05, 4.69) is 5.32 Å². The minimum Gasteiger partial charge on any atom is -0.457 e. The molecule has 0 aliphatic carbocycles. The van der Waals surface area contributed by atoms with Crippen LogP contribution in [0.2, 0.25) is 10.0 Å². The number of nitrogens with zero attached hydrogens (tertiary/aromatic N) is 2. The quantitative estimate of drug-likeness (QED) is 0.190. The lowest BCUT2D eigenvalue weighted by molar-refractivity contribution is -0.140. The van der Waals surface area contributed by atoms with Crippen molar-refractivity contribution in [3.8, 4) is 11.5 Å². The van der Waals surface area contributed by atoms with Crippen molar-refractivity contribution in [2.45, 2.75) is 30.8 Å². The maximum absolute atomic E-state index is 14.0. The number of halogens is 2. The second-order valence-electron chi connectivity index (χ2n) is 9.54. The first-order valence-electron chi connectivity index (χ1n) is 13.5. The molecule has 4 aromatic carbocycles. The number of hydrogen-bond donors (Lipinski definition) is 1. The van der Waals surface area contributed by atoms with Crippen LogP contribution in [-0.2, 0) is 26.2 Å². The van der Waals surface area contributed by atoms with Crippen molar-refractivity contribution >= 4 is 50.7 Å². The molecule has 0 aliphatic heterocycles. The Kier molecular flexibility index (Phi) is 10.7. The monoisotopic (exact) mass is 639 g/mol. The topological polar surface area (TPSA) is 96.0 Å². The summed E-state index contributed by atoms with van der Waals surface area (Å²) < 4.78 is 34.8. The molecule has 0 saturated carbocycles. The van der Waals surface area contributed by atoms with Gasteiger partial charge in [-0.3, -0.25) is 13.9 Å². The Balaban J connectivity index is 1.71. The number of carbonyl (C=O) groups excluding carboxylic acids is 2. The first-order chi connectivity index (χ1) is 20.6. The molecule has 0 aromatic heterocycles. The fourth-order valence-electron chi connectivity index (χ4n) is 4.47. The third kappa shape index (κ3) is 7.87. The highest BCUT2D eigenvalue weighted by molar-refractivity contribution is 7.92. The summed E-state index contributed by atoms with van der Waals surface area (Å²) in [4.78, 5) is 28.3. The van der Waals surface area contributed by atoms with Crippen molar-refractivity contribution in [1.82, 2.24) is 10.2 Å². The molecule has 0 radical (unpaired) electrons. The highest BCUT2D eigenvalue weighted by Crippen LogP contribution is 2.29. The number of amides is 2. The second kappa shape index (κ2) is 14.4. The molecular weight excluding hydrogens is 609 g/mol. The van der Waals surface area contributed by atoms with E-state index in [0.717, 1.165) is 4.31 Å². The van der Waals surface area contributed by atoms with E-state index in [1.54, 1.807) is 79.7 Å². The van der Waals surface area contributed by atoms with Gasteiger partial charge in [0.05, 0.1) is 20.6 Å². The molecule has 4 aromatic rings. The molecule has 0 heterocycles. The van der Waals surface area contributed by atoms with Crippen LogP contribution >= 0.6 is 23.2 Å². The molecule has 0 bridgehead atoms. The molecule has 1 N–H and O–H groups in total. The van der Waals surface area contributed by atoms with Crippen molar-refractivity contribution in [1.29, 1.82) is 0 Å². The number of carbonyl (C=O) groups is 2. The summed E-state index contributed by atoms with van der Waals surface area (Å²) in [6, 6.07) is 27.5. The van der Waals surface area contributed by atoms with E-state index in [4.69, 9.17) is 27.9 Å². The van der Waals surface area contributed by atoms with Crippen LogP contribution in [0.5, 0.6) is 11.5 Å². The van der Waals surface area contributed by atoms with Crippen LogP contribution in [0.1, 0.15) is 18.9 Å². The third-order valence-electron chi connectivity index (χ3n) is 6.68. The van der Waals surface area contributed by atoms with Crippen LogP contribution in [0.3, 0.4) is 0 Å². The van der Waals surface area contributed by atoms with E-state index < -0.39 is 28.5 Å². The van der Waals surface area contributed by atoms with Gasteiger partial charge in [-0.1, -0.05) is 72.6 Å². The van der Waals surface area contributed by atoms with Crippen molar-refractivity contribution in [2.75, 3.05) is 17.9 Å². The van der Waals surface area contributed by atoms with Gasteiger partial charge in [0.25, 0.3) is 10.0 Å². The Labute approximate surface area is 261 Å². The fraction of sp³-hybridized carbons (Fsp3) is 0.188. The largest absolute Gasteiger partial charge is 0.457 e. The van der Waals surface area contributed by atoms with E-state index >= 15 is 0 Å². The Bertz CT molecular complexity index is 1650. The Morgan fingerprint density at radius 2 is 1.44 bits per heavy atom. The molecule has 1 atom stereocenters. The Morgan fingerprint density at radius 1 is 0.837 bits per heavy atom. The summed E-state index contributed by atoms with van der Waals surface area (Å²) in [5.74, 6) is 0.156. The van der Waals surface area contributed by atoms with Gasteiger partial charge in [-0.25, -0.2) is 8.42 Å². The average molecular weight is 641 g/mol. The van der Waals surface area contributed by atoms with Gasteiger partial charge in [0.1, 0.15) is 24.1 Å². The average Bonchev–Trinajstić information content (AvgIpc) is 3.02. The van der Waals surface area contributed by atoms with Gasteiger partial charge >= 0.3 is 0 Å². The van der Waals surface area contributed by atoms with Crippen LogP contribution in [0, 0.1) is 0 Å². The Hall–Kier alpha value is -4.05. The molecule has 11 heteroatoms. The van der Waals surface area contributed by atoms with Crippen LogP contribution < -0.4 is 14.4 Å². The van der Waals surface area contributed by atoms with Crippen molar-refractivity contribution in [2.24, 2.45) is 0 Å². The molecule has 0 aliphatic rings. The van der Waals surface area contributed by atoms with Gasteiger partial charge in [0.15, 0.2) is 0 Å². The van der Waals surface area contributed by atoms with E-state index in [1.807, 2.05) is 18.2 Å². The van der Waals surface area contributed by atoms with Crippen LogP contribution in [0.15, 0.2) is 108 Å². The molecule has 8 nitrogen and oxygen atoms in total. The summed E-state index contributed by atoms with van der Waals surface area (Å²) in [7, 11) is -2.71. The number of nitrogens with one attached hydrogen (secondary N) is 1. The zero-order valence-corrected chi connectivity index (χ0v) is 25.9. The third-order valence-corrected chi connectivity index (χ3v) is 9.21. The van der Waals surface area contributed by atoms with E-state index in [-0.39, 0.29) is 23.0 Å². The van der Waals surface area contributed by atoms with Crippen LogP contribution in [-0.4, -0.2) is 44.8 Å². The van der Waals surface area contributed by atoms with Gasteiger partial charge in [-0.2, -0.15) is 0 Å². The zero-order valence-electron chi connectivity index (χ0n) is 23.6. The molecule has 224 valence electrons. The van der Waals surface area contributed by atoms with E-state index in [0.29, 0.717) is 33.5 Å². The first-order valence-corrected chi connectivity index (χ1v) is 15.7. The van der Waals surface area contributed by atoms with Crippen LogP contribution in [0.25, 0.3) is 0 Å². The van der Waals surface area contributed by atoms with Crippen molar-refractivity contribution < 1.29 is 22.7 Å². The smallest absolute Gasteiger partial charge is 0.264 e. The molecule has 0 saturated heterocycles. The van der Waals surface area contributed by atoms with Crippen molar-refractivity contribution in [3.05, 3.63) is 119 Å². The maximum atomic E-state index is 14.0. The SMILES string of the molecule is CCC(C(=O)NC)N(Cc1ccc(Cl)c(Cl)c1)C(=O)CN(c1ccc(Oc2ccccc2)cc1)S(=O)(=O)c1ccccc1. The van der Waals surface area contributed by atoms with Gasteiger partial charge in [0, 0.05) is 13.6 Å². The maximum Gasteiger partial charge on any atom is 0.264 e. The minimum atomic E-state index is -4.19. The summed E-state index contributed by atoms with van der Waals surface area (Å²) in [6.45, 7) is 1.22. The molecule has 2 amide bonds. The zero-order chi connectivity index (χ0) is 31.0. The predicted molar refractivity (Wildman–Crippen MR) is 169 cm³/mol. The highest BCUT2D eigenvalue weighted by atomic mass is 35.5. The first kappa shape index (κ1) is 31.9. The molecule has 43 heavy (non-hydrogen) atoms. The molecular formula is C32H31Cl2N3O5S.